The first-order valence-corrected chi connectivity index (χ1v) is 11.7. The molecular formula is C20H26F3IOP+. The number of hydrogen-bond acceptors (Lipinski definition) is 1. The molecular weight excluding hydrogens is 471 g/mol. The molecule has 1 nitrogen and oxygen atoms in total. The Labute approximate surface area is 165 Å². The van der Waals surface area contributed by atoms with E-state index in [1.165, 1.54) is 18.3 Å². The summed E-state index contributed by atoms with van der Waals surface area (Å²) in [7, 11) is -6.14. The van der Waals surface area contributed by atoms with Crippen molar-refractivity contribution in [1.29, 1.82) is 0 Å². The first kappa shape index (κ1) is 23.2. The summed E-state index contributed by atoms with van der Waals surface area (Å²) in [6.07, 6.45) is 0. The molecule has 0 bridgehead atoms. The van der Waals surface area contributed by atoms with Crippen LogP contribution in [0.15, 0.2) is 48.5 Å². The number of benzene rings is 2. The molecule has 2 aromatic rings. The number of halogens is 4. The van der Waals surface area contributed by atoms with Crippen LogP contribution in [-0.2, 0) is 15.4 Å². The Morgan fingerprint density at radius 1 is 0.654 bits per heavy atom. The minimum Gasteiger partial charge on any atom is -0.215 e. The Hall–Kier alpha value is -0.810. The number of rotatable bonds is 2. The van der Waals surface area contributed by atoms with Crippen molar-refractivity contribution in [3.63, 3.8) is 0 Å². The van der Waals surface area contributed by atoms with Crippen LogP contribution in [0, 0.1) is 7.14 Å². The molecule has 0 atom stereocenters. The van der Waals surface area contributed by atoms with Gasteiger partial charge >= 0.3 is 29.3 Å². The van der Waals surface area contributed by atoms with Gasteiger partial charge in [0.1, 0.15) is 0 Å². The molecule has 0 aliphatic rings. The Bertz CT molecular complexity index is 675. The Kier molecular flexibility index (Phi) is 7.97. The summed E-state index contributed by atoms with van der Waals surface area (Å²) in [5.74, 6) is 0. The van der Waals surface area contributed by atoms with E-state index in [-0.39, 0.29) is 32.0 Å². The zero-order chi connectivity index (χ0) is 20.2. The average Bonchev–Trinajstić information content (AvgIpc) is 2.45. The highest BCUT2D eigenvalue weighted by Gasteiger charge is 2.20. The van der Waals surface area contributed by atoms with Gasteiger partial charge in [0.25, 0.3) is 0 Å². The lowest BCUT2D eigenvalue weighted by Crippen LogP contribution is -3.61. The summed E-state index contributed by atoms with van der Waals surface area (Å²) < 4.78 is 40.9. The van der Waals surface area contributed by atoms with Crippen LogP contribution in [0.1, 0.15) is 52.7 Å². The van der Waals surface area contributed by atoms with Gasteiger partial charge in [-0.25, -0.2) is 4.57 Å². The maximum atomic E-state index is 9.91. The fraction of sp³-hybridized carbons (Fsp3) is 0.400. The molecule has 0 unspecified atom stereocenters. The third kappa shape index (κ3) is 9.22. The summed E-state index contributed by atoms with van der Waals surface area (Å²) in [6, 6.07) is 18.4. The molecule has 0 fully saturated rings. The zero-order valence-electron chi connectivity index (χ0n) is 16.0. The highest BCUT2D eigenvalue weighted by atomic mass is 127. The SMILES string of the molecule is CC(C)(C)c1ccc([I+]c2ccc(C(C)(C)C)cc2)cc1.O=P(F)(F)F. The van der Waals surface area contributed by atoms with Crippen LogP contribution in [0.25, 0.3) is 0 Å². The minimum absolute atomic E-state index is 0.0703. The predicted molar refractivity (Wildman–Crippen MR) is 98.6 cm³/mol. The van der Waals surface area contributed by atoms with E-state index in [1.807, 2.05) is 0 Å². The summed E-state index contributed by atoms with van der Waals surface area (Å²) in [6.45, 7) is 13.6. The van der Waals surface area contributed by atoms with Gasteiger partial charge in [0, 0.05) is 0 Å². The second-order valence-corrected chi connectivity index (χ2v) is 11.8. The Morgan fingerprint density at radius 2 is 0.885 bits per heavy atom. The van der Waals surface area contributed by atoms with E-state index in [2.05, 4.69) is 90.1 Å². The van der Waals surface area contributed by atoms with Crippen LogP contribution < -0.4 is 21.2 Å². The molecule has 0 spiro atoms. The van der Waals surface area contributed by atoms with E-state index in [0.717, 1.165) is 0 Å². The molecule has 0 N–H and O–H groups in total. The summed E-state index contributed by atoms with van der Waals surface area (Å²) in [5, 5.41) is 0. The van der Waals surface area contributed by atoms with Crippen LogP contribution in [0.4, 0.5) is 12.6 Å². The Balaban J connectivity index is 0.000000597. The maximum Gasteiger partial charge on any atom is 0.591 e. The molecule has 2 rings (SSSR count). The fourth-order valence-corrected chi connectivity index (χ4v) is 4.31. The molecule has 2 aromatic carbocycles. The predicted octanol–water partition coefficient (Wildman–Crippen LogP) is 4.41. The lowest BCUT2D eigenvalue weighted by molar-refractivity contribution is -0.597. The first-order valence-electron chi connectivity index (χ1n) is 8.21. The van der Waals surface area contributed by atoms with Crippen LogP contribution in [0.5, 0.6) is 0 Å². The maximum absolute atomic E-state index is 9.91. The molecule has 0 aromatic heterocycles. The first-order chi connectivity index (χ1) is 11.7. The monoisotopic (exact) mass is 497 g/mol. The molecule has 6 heteroatoms. The average molecular weight is 497 g/mol. The molecule has 0 saturated heterocycles. The van der Waals surface area contributed by atoms with Gasteiger partial charge in [-0.2, -0.15) is 0 Å². The minimum atomic E-state index is -6.14. The highest BCUT2D eigenvalue weighted by molar-refractivity contribution is 7.47. The van der Waals surface area contributed by atoms with Gasteiger partial charge in [-0.05, 0) is 46.2 Å². The van der Waals surface area contributed by atoms with Gasteiger partial charge in [0.15, 0.2) is 7.14 Å². The molecule has 26 heavy (non-hydrogen) atoms. The van der Waals surface area contributed by atoms with Crippen LogP contribution >= 0.6 is 8.07 Å². The molecule has 144 valence electrons. The number of hydrogen-bond donors (Lipinski definition) is 0. The zero-order valence-corrected chi connectivity index (χ0v) is 19.0. The van der Waals surface area contributed by atoms with Crippen molar-refractivity contribution in [2.24, 2.45) is 0 Å². The van der Waals surface area contributed by atoms with Gasteiger partial charge < -0.3 is 0 Å². The van der Waals surface area contributed by atoms with Crippen LogP contribution in [-0.4, -0.2) is 0 Å². The normalized spacial score (nSPS) is 12.3. The van der Waals surface area contributed by atoms with E-state index < -0.39 is 8.07 Å². The van der Waals surface area contributed by atoms with Gasteiger partial charge in [0.05, 0.1) is 0 Å². The van der Waals surface area contributed by atoms with Gasteiger partial charge in [0.2, 0.25) is 0 Å². The van der Waals surface area contributed by atoms with Crippen molar-refractivity contribution in [3.8, 4) is 0 Å². The lowest BCUT2D eigenvalue weighted by Gasteiger charge is -2.18. The molecule has 0 heterocycles. The van der Waals surface area contributed by atoms with E-state index >= 15 is 0 Å². The summed E-state index contributed by atoms with van der Waals surface area (Å²) in [5.41, 5.74) is 3.31. The van der Waals surface area contributed by atoms with Crippen LogP contribution in [0.3, 0.4) is 0 Å². The van der Waals surface area contributed by atoms with Crippen molar-refractivity contribution in [1.82, 2.24) is 0 Å². The lowest BCUT2D eigenvalue weighted by atomic mass is 9.87. The van der Waals surface area contributed by atoms with E-state index in [9.17, 15) is 12.6 Å². The van der Waals surface area contributed by atoms with E-state index in [1.54, 1.807) is 0 Å². The van der Waals surface area contributed by atoms with Crippen LogP contribution in [0.2, 0.25) is 0 Å². The quantitative estimate of drug-likeness (QED) is 0.444. The topological polar surface area (TPSA) is 17.1 Å². The molecule has 0 amide bonds. The third-order valence-electron chi connectivity index (χ3n) is 3.64. The van der Waals surface area contributed by atoms with E-state index in [0.29, 0.717) is 0 Å². The molecule has 0 radical (unpaired) electrons. The summed E-state index contributed by atoms with van der Waals surface area (Å²) in [4.78, 5) is 0. The summed E-state index contributed by atoms with van der Waals surface area (Å²) >= 11 is -0.0703. The molecule has 0 saturated carbocycles. The second kappa shape index (κ2) is 8.92. The Morgan fingerprint density at radius 3 is 1.08 bits per heavy atom. The van der Waals surface area contributed by atoms with Gasteiger partial charge in [-0.15, -0.1) is 12.6 Å². The van der Waals surface area contributed by atoms with Gasteiger partial charge in [-0.1, -0.05) is 65.8 Å². The molecule has 0 aliphatic heterocycles. The van der Waals surface area contributed by atoms with Crippen molar-refractivity contribution in [2.75, 3.05) is 0 Å². The van der Waals surface area contributed by atoms with Crippen molar-refractivity contribution in [3.05, 3.63) is 66.8 Å². The fourth-order valence-electron chi connectivity index (χ4n) is 2.15. The third-order valence-corrected chi connectivity index (χ3v) is 6.32. The highest BCUT2D eigenvalue weighted by Crippen LogP contribution is 2.50. The van der Waals surface area contributed by atoms with Crippen molar-refractivity contribution < 1.29 is 38.4 Å². The smallest absolute Gasteiger partial charge is 0.215 e. The largest absolute Gasteiger partial charge is 0.591 e. The second-order valence-electron chi connectivity index (χ2n) is 8.01. The van der Waals surface area contributed by atoms with Gasteiger partial charge in [-0.3, -0.25) is 0 Å². The van der Waals surface area contributed by atoms with Crippen molar-refractivity contribution in [2.45, 2.75) is 52.4 Å². The van der Waals surface area contributed by atoms with Crippen molar-refractivity contribution >= 4 is 8.07 Å². The standard InChI is InChI=1S/C20H26I.F3OP/c1-19(2,3)15-7-11-17(12-8-15)21-18-13-9-16(10-14-18)20(4,5)6;1-5(2,3)4/h7-14H,1-6H3;/q+1;. The van der Waals surface area contributed by atoms with E-state index in [4.69, 9.17) is 4.57 Å². The molecule has 0 aliphatic carbocycles.